The highest BCUT2D eigenvalue weighted by atomic mass is 32.2. The van der Waals surface area contributed by atoms with Crippen molar-refractivity contribution in [1.29, 1.82) is 0 Å². The van der Waals surface area contributed by atoms with Gasteiger partial charge in [0, 0.05) is 38.3 Å². The topological polar surface area (TPSA) is 79.0 Å². The van der Waals surface area contributed by atoms with E-state index in [9.17, 15) is 13.2 Å². The second kappa shape index (κ2) is 11.9. The van der Waals surface area contributed by atoms with Gasteiger partial charge in [-0.05, 0) is 60.4 Å². The van der Waals surface area contributed by atoms with Gasteiger partial charge in [-0.15, -0.1) is 0 Å². The van der Waals surface area contributed by atoms with E-state index in [1.54, 1.807) is 35.7 Å². The maximum atomic E-state index is 12.9. The first-order valence-corrected chi connectivity index (χ1v) is 14.1. The maximum Gasteiger partial charge on any atom is 0.251 e. The molecule has 0 bridgehead atoms. The summed E-state index contributed by atoms with van der Waals surface area (Å²) in [7, 11) is -1.80. The first-order valence-electron chi connectivity index (χ1n) is 12.6. The molecule has 1 aliphatic heterocycles. The minimum Gasteiger partial charge on any atom is -0.496 e. The SMILES string of the molecule is CC[C@H](NC(=O)c1ccc(CN2CCN(S(=O)(=O)c3ccccc3)CC2)cc1)c1ccc(OC)c(C)c1. The Morgan fingerprint density at radius 1 is 0.973 bits per heavy atom. The molecule has 37 heavy (non-hydrogen) atoms. The molecular formula is C29H35N3O4S. The van der Waals surface area contributed by atoms with Crippen LogP contribution in [-0.4, -0.2) is 56.8 Å². The van der Waals surface area contributed by atoms with Crippen molar-refractivity contribution < 1.29 is 17.9 Å². The Labute approximate surface area is 220 Å². The Balaban J connectivity index is 1.32. The Hall–Kier alpha value is -3.20. The molecule has 1 saturated heterocycles. The van der Waals surface area contributed by atoms with Crippen molar-refractivity contribution in [1.82, 2.24) is 14.5 Å². The second-order valence-electron chi connectivity index (χ2n) is 9.35. The minimum absolute atomic E-state index is 0.0831. The summed E-state index contributed by atoms with van der Waals surface area (Å²) in [5.41, 5.74) is 3.80. The average molecular weight is 522 g/mol. The van der Waals surface area contributed by atoms with Gasteiger partial charge in [0.15, 0.2) is 0 Å². The summed E-state index contributed by atoms with van der Waals surface area (Å²) in [6, 6.07) is 22.1. The normalized spacial score (nSPS) is 15.8. The van der Waals surface area contributed by atoms with Gasteiger partial charge in [-0.3, -0.25) is 9.69 Å². The molecule has 0 spiro atoms. The molecule has 0 radical (unpaired) electrons. The zero-order valence-electron chi connectivity index (χ0n) is 21.7. The molecule has 3 aromatic carbocycles. The van der Waals surface area contributed by atoms with Crippen LogP contribution >= 0.6 is 0 Å². The van der Waals surface area contributed by atoms with E-state index < -0.39 is 10.0 Å². The zero-order valence-corrected chi connectivity index (χ0v) is 22.5. The number of rotatable bonds is 9. The summed E-state index contributed by atoms with van der Waals surface area (Å²) in [5, 5.41) is 3.14. The number of nitrogens with zero attached hydrogens (tertiary/aromatic N) is 2. The van der Waals surface area contributed by atoms with Crippen LogP contribution in [0.25, 0.3) is 0 Å². The van der Waals surface area contributed by atoms with Crippen molar-refractivity contribution in [2.24, 2.45) is 0 Å². The van der Waals surface area contributed by atoms with Crippen LogP contribution in [-0.2, 0) is 16.6 Å². The van der Waals surface area contributed by atoms with Gasteiger partial charge in [0.1, 0.15) is 5.75 Å². The van der Waals surface area contributed by atoms with Gasteiger partial charge in [0.25, 0.3) is 5.91 Å². The Morgan fingerprint density at radius 2 is 1.65 bits per heavy atom. The summed E-state index contributed by atoms with van der Waals surface area (Å²) >= 11 is 0. The fraction of sp³-hybridized carbons (Fsp3) is 0.345. The predicted molar refractivity (Wildman–Crippen MR) is 145 cm³/mol. The zero-order chi connectivity index (χ0) is 26.4. The third-order valence-corrected chi connectivity index (χ3v) is 8.78. The molecule has 7 nitrogen and oxygen atoms in total. The van der Waals surface area contributed by atoms with Crippen molar-refractivity contribution >= 4 is 15.9 Å². The summed E-state index contributed by atoms with van der Waals surface area (Å²) in [5.74, 6) is 0.728. The largest absolute Gasteiger partial charge is 0.496 e. The van der Waals surface area contributed by atoms with E-state index in [1.165, 1.54) is 0 Å². The van der Waals surface area contributed by atoms with Crippen LogP contribution in [0.2, 0.25) is 0 Å². The second-order valence-corrected chi connectivity index (χ2v) is 11.3. The molecule has 0 unspecified atom stereocenters. The van der Waals surface area contributed by atoms with Crippen molar-refractivity contribution in [3.63, 3.8) is 0 Å². The minimum atomic E-state index is -3.46. The van der Waals surface area contributed by atoms with Gasteiger partial charge in [-0.2, -0.15) is 4.31 Å². The lowest BCUT2D eigenvalue weighted by Crippen LogP contribution is -2.48. The first kappa shape index (κ1) is 26.9. The van der Waals surface area contributed by atoms with E-state index in [4.69, 9.17) is 4.74 Å². The number of nitrogens with one attached hydrogen (secondary N) is 1. The molecule has 1 fully saturated rings. The Morgan fingerprint density at radius 3 is 2.24 bits per heavy atom. The lowest BCUT2D eigenvalue weighted by atomic mass is 10.0. The monoisotopic (exact) mass is 521 g/mol. The van der Waals surface area contributed by atoms with Crippen molar-refractivity contribution in [3.8, 4) is 5.75 Å². The molecule has 0 aromatic heterocycles. The summed E-state index contributed by atoms with van der Waals surface area (Å²) in [4.78, 5) is 15.5. The van der Waals surface area contributed by atoms with Crippen molar-refractivity contribution in [2.75, 3.05) is 33.3 Å². The lowest BCUT2D eigenvalue weighted by molar-refractivity contribution is 0.0935. The molecule has 3 aromatic rings. The van der Waals surface area contributed by atoms with Crippen LogP contribution in [0.5, 0.6) is 5.75 Å². The van der Waals surface area contributed by atoms with Crippen LogP contribution in [0.1, 0.15) is 46.4 Å². The molecular weight excluding hydrogens is 486 g/mol. The molecule has 1 aliphatic rings. The number of ether oxygens (including phenoxy) is 1. The quantitative estimate of drug-likeness (QED) is 0.452. The predicted octanol–water partition coefficient (Wildman–Crippen LogP) is 4.39. The fourth-order valence-corrected chi connectivity index (χ4v) is 6.11. The van der Waals surface area contributed by atoms with E-state index >= 15 is 0 Å². The summed E-state index contributed by atoms with van der Waals surface area (Å²) in [6.45, 7) is 7.00. The smallest absolute Gasteiger partial charge is 0.251 e. The van der Waals surface area contributed by atoms with E-state index in [-0.39, 0.29) is 11.9 Å². The standard InChI is InChI=1S/C29H35N3O4S/c1-4-27(25-14-15-28(36-3)22(2)20-25)30-29(33)24-12-10-23(11-13-24)21-31-16-18-32(19-17-31)37(34,35)26-8-6-5-7-9-26/h5-15,20,27H,4,16-19,21H2,1-3H3,(H,30,33)/t27-/m0/s1. The third-order valence-electron chi connectivity index (χ3n) is 6.87. The van der Waals surface area contributed by atoms with Crippen molar-refractivity contribution in [3.05, 3.63) is 95.1 Å². The number of carbonyl (C=O) groups excluding carboxylic acids is 1. The number of benzene rings is 3. The number of aryl methyl sites for hydroxylation is 1. The number of methoxy groups -OCH3 is 1. The van der Waals surface area contributed by atoms with Crippen molar-refractivity contribution in [2.45, 2.75) is 37.8 Å². The first-order chi connectivity index (χ1) is 17.8. The number of sulfonamides is 1. The molecule has 4 rings (SSSR count). The van der Waals surface area contributed by atoms with Gasteiger partial charge < -0.3 is 10.1 Å². The average Bonchev–Trinajstić information content (AvgIpc) is 2.92. The lowest BCUT2D eigenvalue weighted by Gasteiger charge is -2.34. The molecule has 8 heteroatoms. The molecule has 0 aliphatic carbocycles. The van der Waals surface area contributed by atoms with E-state index in [0.29, 0.717) is 43.2 Å². The van der Waals surface area contributed by atoms with Gasteiger partial charge in [-0.1, -0.05) is 49.4 Å². The van der Waals surface area contributed by atoms with Crippen LogP contribution in [0.4, 0.5) is 0 Å². The number of carbonyl (C=O) groups is 1. The van der Waals surface area contributed by atoms with Gasteiger partial charge in [-0.25, -0.2) is 8.42 Å². The fourth-order valence-electron chi connectivity index (χ4n) is 4.67. The highest BCUT2D eigenvalue weighted by Gasteiger charge is 2.28. The van der Waals surface area contributed by atoms with E-state index in [0.717, 1.165) is 28.9 Å². The molecule has 1 N–H and O–H groups in total. The molecule has 196 valence electrons. The van der Waals surface area contributed by atoms with Crippen LogP contribution < -0.4 is 10.1 Å². The highest BCUT2D eigenvalue weighted by Crippen LogP contribution is 2.25. The van der Waals surface area contributed by atoms with E-state index in [1.807, 2.05) is 49.4 Å². The van der Waals surface area contributed by atoms with Crippen LogP contribution in [0, 0.1) is 6.92 Å². The van der Waals surface area contributed by atoms with Crippen LogP contribution in [0.15, 0.2) is 77.7 Å². The van der Waals surface area contributed by atoms with Gasteiger partial charge >= 0.3 is 0 Å². The van der Waals surface area contributed by atoms with Gasteiger partial charge in [0.2, 0.25) is 10.0 Å². The molecule has 1 amide bonds. The maximum absolute atomic E-state index is 12.9. The molecule has 1 heterocycles. The molecule has 0 saturated carbocycles. The summed E-state index contributed by atoms with van der Waals surface area (Å²) in [6.07, 6.45) is 0.779. The number of amides is 1. The number of hydrogen-bond acceptors (Lipinski definition) is 5. The Bertz CT molecular complexity index is 1300. The third kappa shape index (κ3) is 6.39. The highest BCUT2D eigenvalue weighted by molar-refractivity contribution is 7.89. The van der Waals surface area contributed by atoms with Crippen LogP contribution in [0.3, 0.4) is 0 Å². The Kier molecular flexibility index (Phi) is 8.63. The van der Waals surface area contributed by atoms with Gasteiger partial charge in [0.05, 0.1) is 18.0 Å². The summed E-state index contributed by atoms with van der Waals surface area (Å²) < 4.78 is 32.6. The van der Waals surface area contributed by atoms with E-state index in [2.05, 4.69) is 23.2 Å². The number of piperazine rings is 1. The molecule has 1 atom stereocenters. The number of hydrogen-bond donors (Lipinski definition) is 1.